The van der Waals surface area contributed by atoms with Crippen LogP contribution in [-0.4, -0.2) is 22.3 Å². The quantitative estimate of drug-likeness (QED) is 0.596. The Kier molecular flexibility index (Phi) is 6.60. The minimum atomic E-state index is 0.102. The molecule has 0 bridgehead atoms. The molecule has 0 unspecified atom stereocenters. The monoisotopic (exact) mass is 379 g/mol. The van der Waals surface area contributed by atoms with Crippen LogP contribution in [0.25, 0.3) is 0 Å². The van der Waals surface area contributed by atoms with Crippen LogP contribution in [0.1, 0.15) is 30.7 Å². The van der Waals surface area contributed by atoms with Crippen molar-refractivity contribution in [2.45, 2.75) is 33.2 Å². The second-order valence-electron chi connectivity index (χ2n) is 6.39. The van der Waals surface area contributed by atoms with Crippen LogP contribution in [0.5, 0.6) is 0 Å². The third kappa shape index (κ3) is 5.41. The normalized spacial score (nSPS) is 10.6. The van der Waals surface area contributed by atoms with Crippen molar-refractivity contribution in [1.29, 1.82) is 0 Å². The topological polar surface area (TPSA) is 45.2 Å². The molecule has 0 aliphatic carbocycles. The van der Waals surface area contributed by atoms with Gasteiger partial charge in [0.25, 0.3) is 0 Å². The summed E-state index contributed by atoms with van der Waals surface area (Å²) in [6.45, 7) is 5.47. The lowest BCUT2D eigenvalue weighted by molar-refractivity contribution is -0.130. The van der Waals surface area contributed by atoms with E-state index in [1.807, 2.05) is 47.5 Å². The molecule has 3 aromatic rings. The Morgan fingerprint density at radius 3 is 2.44 bits per heavy atom. The summed E-state index contributed by atoms with van der Waals surface area (Å²) in [6.07, 6.45) is 1.36. The van der Waals surface area contributed by atoms with Crippen molar-refractivity contribution in [3.63, 3.8) is 0 Å². The van der Waals surface area contributed by atoms with Crippen molar-refractivity contribution >= 4 is 28.1 Å². The number of aryl methyl sites for hydroxylation is 1. The zero-order chi connectivity index (χ0) is 19.1. The first-order valence-corrected chi connectivity index (χ1v) is 10.2. The van der Waals surface area contributed by atoms with Gasteiger partial charge in [0.05, 0.1) is 12.1 Å². The largest absolute Gasteiger partial charge is 0.338 e. The fraction of sp³-hybridized carbons (Fsp3) is 0.273. The van der Waals surface area contributed by atoms with E-state index in [0.717, 1.165) is 28.5 Å². The molecule has 0 aliphatic rings. The lowest BCUT2D eigenvalue weighted by Crippen LogP contribution is -2.31. The molecule has 5 heteroatoms. The molecule has 0 aliphatic heterocycles. The van der Waals surface area contributed by atoms with Gasteiger partial charge in [-0.3, -0.25) is 4.79 Å². The number of hydrogen-bond acceptors (Lipinski definition) is 4. The molecule has 0 atom stereocenters. The van der Waals surface area contributed by atoms with Gasteiger partial charge in [0.15, 0.2) is 5.13 Å². The van der Waals surface area contributed by atoms with Gasteiger partial charge in [-0.1, -0.05) is 49.4 Å². The molecule has 2 aromatic carbocycles. The molecule has 3 rings (SSSR count). The molecule has 1 aromatic heterocycles. The maximum atomic E-state index is 12.7. The third-order valence-electron chi connectivity index (χ3n) is 4.45. The number of nitrogens with zero attached hydrogens (tertiary/aromatic N) is 2. The van der Waals surface area contributed by atoms with E-state index in [0.29, 0.717) is 19.5 Å². The van der Waals surface area contributed by atoms with Gasteiger partial charge in [-0.15, -0.1) is 11.3 Å². The fourth-order valence-electron chi connectivity index (χ4n) is 2.84. The van der Waals surface area contributed by atoms with Gasteiger partial charge in [-0.25, -0.2) is 4.98 Å². The van der Waals surface area contributed by atoms with Gasteiger partial charge in [-0.05, 0) is 36.6 Å². The first-order chi connectivity index (χ1) is 13.2. The van der Waals surface area contributed by atoms with E-state index in [-0.39, 0.29) is 5.91 Å². The van der Waals surface area contributed by atoms with E-state index in [4.69, 9.17) is 0 Å². The SMILES string of the molecule is CCc1ccc(Nc2nc(CC(=O)N(CC)Cc3ccccc3)cs2)cc1. The Hall–Kier alpha value is -2.66. The molecule has 0 radical (unpaired) electrons. The zero-order valence-electron chi connectivity index (χ0n) is 15.8. The Labute approximate surface area is 164 Å². The van der Waals surface area contributed by atoms with E-state index < -0.39 is 0 Å². The summed E-state index contributed by atoms with van der Waals surface area (Å²) in [5.74, 6) is 0.102. The van der Waals surface area contributed by atoms with Crippen LogP contribution in [0.2, 0.25) is 0 Å². The molecular formula is C22H25N3OS. The summed E-state index contributed by atoms with van der Waals surface area (Å²) in [6, 6.07) is 18.4. The molecule has 4 nitrogen and oxygen atoms in total. The van der Waals surface area contributed by atoms with E-state index in [9.17, 15) is 4.79 Å². The summed E-state index contributed by atoms with van der Waals surface area (Å²) in [7, 11) is 0. The van der Waals surface area contributed by atoms with Gasteiger partial charge in [0, 0.05) is 24.2 Å². The molecular weight excluding hydrogens is 354 g/mol. The lowest BCUT2D eigenvalue weighted by Gasteiger charge is -2.20. The van der Waals surface area contributed by atoms with Crippen LogP contribution in [-0.2, 0) is 24.2 Å². The first-order valence-electron chi connectivity index (χ1n) is 9.30. The summed E-state index contributed by atoms with van der Waals surface area (Å²) < 4.78 is 0. The maximum absolute atomic E-state index is 12.7. The van der Waals surface area contributed by atoms with E-state index in [1.165, 1.54) is 16.9 Å². The Morgan fingerprint density at radius 1 is 1.04 bits per heavy atom. The highest BCUT2D eigenvalue weighted by Gasteiger charge is 2.15. The number of thiazole rings is 1. The predicted molar refractivity (Wildman–Crippen MR) is 112 cm³/mol. The molecule has 27 heavy (non-hydrogen) atoms. The first kappa shape index (κ1) is 19.1. The van der Waals surface area contributed by atoms with Crippen LogP contribution in [0, 0.1) is 0 Å². The highest BCUT2D eigenvalue weighted by Crippen LogP contribution is 2.22. The third-order valence-corrected chi connectivity index (χ3v) is 5.25. The number of carbonyl (C=O) groups is 1. The minimum absolute atomic E-state index is 0.102. The zero-order valence-corrected chi connectivity index (χ0v) is 16.6. The van der Waals surface area contributed by atoms with Crippen molar-refractivity contribution in [3.8, 4) is 0 Å². The molecule has 0 fully saturated rings. The van der Waals surface area contributed by atoms with Crippen LogP contribution >= 0.6 is 11.3 Å². The van der Waals surface area contributed by atoms with Crippen LogP contribution in [0.4, 0.5) is 10.8 Å². The fourth-order valence-corrected chi connectivity index (χ4v) is 3.57. The van der Waals surface area contributed by atoms with Crippen molar-refractivity contribution in [2.75, 3.05) is 11.9 Å². The van der Waals surface area contributed by atoms with Gasteiger partial charge < -0.3 is 10.2 Å². The van der Waals surface area contributed by atoms with Gasteiger partial charge in [0.1, 0.15) is 0 Å². The summed E-state index contributed by atoms with van der Waals surface area (Å²) in [4.78, 5) is 19.1. The molecule has 0 saturated carbocycles. The van der Waals surface area contributed by atoms with Gasteiger partial charge >= 0.3 is 0 Å². The summed E-state index contributed by atoms with van der Waals surface area (Å²) >= 11 is 1.53. The van der Waals surface area contributed by atoms with Crippen LogP contribution in [0.15, 0.2) is 60.0 Å². The van der Waals surface area contributed by atoms with Crippen molar-refractivity contribution in [1.82, 2.24) is 9.88 Å². The van der Waals surface area contributed by atoms with Crippen molar-refractivity contribution < 1.29 is 4.79 Å². The number of likely N-dealkylation sites (N-methyl/N-ethyl adjacent to an activating group) is 1. The maximum Gasteiger partial charge on any atom is 0.228 e. The smallest absolute Gasteiger partial charge is 0.228 e. The average molecular weight is 380 g/mol. The van der Waals surface area contributed by atoms with Crippen molar-refractivity contribution in [3.05, 3.63) is 76.8 Å². The van der Waals surface area contributed by atoms with E-state index in [1.54, 1.807) is 0 Å². The molecule has 0 saturated heterocycles. The number of aromatic nitrogens is 1. The van der Waals surface area contributed by atoms with E-state index >= 15 is 0 Å². The number of nitrogens with one attached hydrogen (secondary N) is 1. The standard InChI is InChI=1S/C22H25N3OS/c1-3-17-10-12-19(13-11-17)23-22-24-20(16-27-22)14-21(26)25(4-2)15-18-8-6-5-7-9-18/h5-13,16H,3-4,14-15H2,1-2H3,(H,23,24). The summed E-state index contributed by atoms with van der Waals surface area (Å²) in [5.41, 5.74) is 4.27. The predicted octanol–water partition coefficient (Wildman–Crippen LogP) is 5.04. The molecule has 0 spiro atoms. The van der Waals surface area contributed by atoms with E-state index in [2.05, 4.69) is 41.5 Å². The highest BCUT2D eigenvalue weighted by molar-refractivity contribution is 7.13. The van der Waals surface area contributed by atoms with Gasteiger partial charge in [0.2, 0.25) is 5.91 Å². The van der Waals surface area contributed by atoms with Crippen LogP contribution in [0.3, 0.4) is 0 Å². The van der Waals surface area contributed by atoms with Crippen molar-refractivity contribution in [2.24, 2.45) is 0 Å². The Morgan fingerprint density at radius 2 is 1.78 bits per heavy atom. The number of amides is 1. The number of benzene rings is 2. The van der Waals surface area contributed by atoms with Crippen LogP contribution < -0.4 is 5.32 Å². The second-order valence-corrected chi connectivity index (χ2v) is 7.25. The highest BCUT2D eigenvalue weighted by atomic mass is 32.1. The second kappa shape index (κ2) is 9.33. The molecule has 1 heterocycles. The number of rotatable bonds is 8. The molecule has 140 valence electrons. The minimum Gasteiger partial charge on any atom is -0.338 e. The molecule has 1 N–H and O–H groups in total. The van der Waals surface area contributed by atoms with Gasteiger partial charge in [-0.2, -0.15) is 0 Å². The molecule has 1 amide bonds. The average Bonchev–Trinajstić information content (AvgIpc) is 3.14. The summed E-state index contributed by atoms with van der Waals surface area (Å²) in [5, 5.41) is 6.08. The number of carbonyl (C=O) groups excluding carboxylic acids is 1. The number of hydrogen-bond donors (Lipinski definition) is 1. The Bertz CT molecular complexity index is 859. The Balaban J connectivity index is 1.59. The lowest BCUT2D eigenvalue weighted by atomic mass is 10.1. The number of anilines is 2.